The van der Waals surface area contributed by atoms with E-state index in [1.807, 2.05) is 0 Å². The number of piperazine rings is 1. The predicted octanol–water partition coefficient (Wildman–Crippen LogP) is 2.24. The number of nitrogens with two attached hydrogens (primary N) is 1. The molecule has 114 valence electrons. The molecule has 21 heavy (non-hydrogen) atoms. The van der Waals surface area contributed by atoms with E-state index in [2.05, 4.69) is 20.8 Å². The van der Waals surface area contributed by atoms with Gasteiger partial charge in [0.1, 0.15) is 12.4 Å². The van der Waals surface area contributed by atoms with Crippen LogP contribution in [0.1, 0.15) is 5.56 Å². The van der Waals surface area contributed by atoms with Crippen molar-refractivity contribution in [1.29, 1.82) is 0 Å². The Hall–Kier alpha value is -1.18. The number of ether oxygens (including phenoxy) is 1. The highest BCUT2D eigenvalue weighted by Crippen LogP contribution is 2.41. The summed E-state index contributed by atoms with van der Waals surface area (Å²) in [5.41, 5.74) is 7.58. The Morgan fingerprint density at radius 2 is 2.29 bits per heavy atom. The van der Waals surface area contributed by atoms with Crippen molar-refractivity contribution in [3.8, 4) is 5.75 Å². The number of rotatable bonds is 0. The Bertz CT molecular complexity index is 599. The SMILES string of the molecule is Nc1cc(Br)c(Cl)c2c1CN1CCN(C(=O)O)C[C@@H]1CO2. The van der Waals surface area contributed by atoms with Crippen molar-refractivity contribution in [2.24, 2.45) is 0 Å². The molecular weight excluding hydrogens is 362 g/mol. The normalized spacial score (nSPS) is 22.0. The molecular formula is C13H15BrClN3O3. The summed E-state index contributed by atoms with van der Waals surface area (Å²) in [7, 11) is 0. The number of fused-ring (bicyclic) bond motifs is 2. The van der Waals surface area contributed by atoms with Crippen molar-refractivity contribution in [3.05, 3.63) is 21.1 Å². The van der Waals surface area contributed by atoms with Gasteiger partial charge in [0, 0.05) is 41.9 Å². The van der Waals surface area contributed by atoms with E-state index in [1.165, 1.54) is 4.90 Å². The number of anilines is 1. The van der Waals surface area contributed by atoms with Gasteiger partial charge in [0.2, 0.25) is 0 Å². The second kappa shape index (κ2) is 5.55. The lowest BCUT2D eigenvalue weighted by atomic mass is 10.1. The zero-order chi connectivity index (χ0) is 15.1. The number of carbonyl (C=O) groups is 1. The van der Waals surface area contributed by atoms with Gasteiger partial charge in [-0.15, -0.1) is 0 Å². The first kappa shape index (κ1) is 14.7. The van der Waals surface area contributed by atoms with Crippen LogP contribution in [0, 0.1) is 0 Å². The van der Waals surface area contributed by atoms with E-state index >= 15 is 0 Å². The van der Waals surface area contributed by atoms with E-state index in [4.69, 9.17) is 27.2 Å². The van der Waals surface area contributed by atoms with Crippen LogP contribution in [0.2, 0.25) is 5.02 Å². The Kier molecular flexibility index (Phi) is 3.90. The summed E-state index contributed by atoms with van der Waals surface area (Å²) in [6.45, 7) is 2.60. The molecule has 3 N–H and O–H groups in total. The summed E-state index contributed by atoms with van der Waals surface area (Å²) in [6, 6.07) is 1.79. The third-order valence-electron chi connectivity index (χ3n) is 3.97. The molecule has 2 aliphatic rings. The van der Waals surface area contributed by atoms with E-state index < -0.39 is 6.09 Å². The van der Waals surface area contributed by atoms with Crippen LogP contribution in [0.3, 0.4) is 0 Å². The van der Waals surface area contributed by atoms with E-state index in [1.54, 1.807) is 6.07 Å². The molecule has 1 fully saturated rings. The highest BCUT2D eigenvalue weighted by molar-refractivity contribution is 9.10. The number of benzene rings is 1. The summed E-state index contributed by atoms with van der Waals surface area (Å²) in [5, 5.41) is 9.62. The van der Waals surface area contributed by atoms with Gasteiger partial charge in [0.05, 0.1) is 11.1 Å². The zero-order valence-electron chi connectivity index (χ0n) is 11.2. The summed E-state index contributed by atoms with van der Waals surface area (Å²) in [4.78, 5) is 14.7. The molecule has 6 nitrogen and oxygen atoms in total. The van der Waals surface area contributed by atoms with Crippen LogP contribution in [-0.2, 0) is 6.54 Å². The average Bonchev–Trinajstić information content (AvgIpc) is 2.64. The number of hydrogen-bond acceptors (Lipinski definition) is 4. The average molecular weight is 377 g/mol. The molecule has 1 aromatic carbocycles. The molecule has 0 bridgehead atoms. The van der Waals surface area contributed by atoms with Gasteiger partial charge in [-0.1, -0.05) is 11.6 Å². The second-order valence-electron chi connectivity index (χ2n) is 5.23. The molecule has 0 saturated carbocycles. The number of carboxylic acid groups (broad SMARTS) is 1. The number of hydrogen-bond donors (Lipinski definition) is 2. The van der Waals surface area contributed by atoms with Gasteiger partial charge in [0.25, 0.3) is 0 Å². The summed E-state index contributed by atoms with van der Waals surface area (Å²) < 4.78 is 6.54. The van der Waals surface area contributed by atoms with Crippen LogP contribution in [0.15, 0.2) is 10.5 Å². The predicted molar refractivity (Wildman–Crippen MR) is 82.9 cm³/mol. The first-order valence-electron chi connectivity index (χ1n) is 6.58. The van der Waals surface area contributed by atoms with Crippen LogP contribution in [-0.4, -0.2) is 53.3 Å². The highest BCUT2D eigenvalue weighted by Gasteiger charge is 2.34. The molecule has 1 amide bonds. The largest absolute Gasteiger partial charge is 0.490 e. The van der Waals surface area contributed by atoms with E-state index in [9.17, 15) is 4.79 Å². The summed E-state index contributed by atoms with van der Waals surface area (Å²) in [6.07, 6.45) is -0.892. The standard InChI is InChI=1S/C13H15BrClN3O3/c14-9-3-10(16)8-5-17-1-2-18(13(19)20)4-7(17)6-21-12(8)11(9)15/h3,7H,1-2,4-6,16H2,(H,19,20)/t7-/m1/s1. The number of halogens is 2. The third-order valence-corrected chi connectivity index (χ3v) is 5.20. The van der Waals surface area contributed by atoms with Crippen molar-refractivity contribution in [2.45, 2.75) is 12.6 Å². The lowest BCUT2D eigenvalue weighted by Crippen LogP contribution is -2.55. The van der Waals surface area contributed by atoms with Crippen LogP contribution in [0.5, 0.6) is 5.75 Å². The number of amides is 1. The van der Waals surface area contributed by atoms with E-state index in [-0.39, 0.29) is 6.04 Å². The Morgan fingerprint density at radius 1 is 1.52 bits per heavy atom. The first-order chi connectivity index (χ1) is 9.97. The fraction of sp³-hybridized carbons (Fsp3) is 0.462. The number of nitrogen functional groups attached to an aromatic ring is 1. The lowest BCUT2D eigenvalue weighted by Gasteiger charge is -2.38. The van der Waals surface area contributed by atoms with Gasteiger partial charge >= 0.3 is 6.09 Å². The van der Waals surface area contributed by atoms with Gasteiger partial charge in [-0.25, -0.2) is 4.79 Å². The molecule has 1 aromatic rings. The monoisotopic (exact) mass is 375 g/mol. The molecule has 1 saturated heterocycles. The molecule has 2 aliphatic heterocycles. The molecule has 3 rings (SSSR count). The van der Waals surface area contributed by atoms with Crippen molar-refractivity contribution in [1.82, 2.24) is 9.80 Å². The second-order valence-corrected chi connectivity index (χ2v) is 6.47. The topological polar surface area (TPSA) is 79.0 Å². The molecule has 0 radical (unpaired) electrons. The summed E-state index contributed by atoms with van der Waals surface area (Å²) in [5.74, 6) is 0.597. The molecule has 2 heterocycles. The molecule has 8 heteroatoms. The Morgan fingerprint density at radius 3 is 3.00 bits per heavy atom. The summed E-state index contributed by atoms with van der Waals surface area (Å²) >= 11 is 9.65. The smallest absolute Gasteiger partial charge is 0.407 e. The lowest BCUT2D eigenvalue weighted by molar-refractivity contribution is 0.0503. The molecule has 1 atom stereocenters. The maximum absolute atomic E-state index is 11.1. The van der Waals surface area contributed by atoms with Gasteiger partial charge in [-0.3, -0.25) is 4.90 Å². The Labute approximate surface area is 135 Å². The molecule has 0 unspecified atom stereocenters. The molecule has 0 spiro atoms. The van der Waals surface area contributed by atoms with Crippen LogP contribution in [0.4, 0.5) is 10.5 Å². The third kappa shape index (κ3) is 2.65. The minimum atomic E-state index is -0.892. The first-order valence-corrected chi connectivity index (χ1v) is 7.75. The number of nitrogens with zero attached hydrogens (tertiary/aromatic N) is 2. The van der Waals surface area contributed by atoms with Gasteiger partial charge in [0.15, 0.2) is 0 Å². The maximum Gasteiger partial charge on any atom is 0.407 e. The molecule has 0 aliphatic carbocycles. The van der Waals surface area contributed by atoms with Gasteiger partial charge < -0.3 is 20.5 Å². The quantitative estimate of drug-likeness (QED) is 0.679. The van der Waals surface area contributed by atoms with E-state index in [0.29, 0.717) is 53.7 Å². The fourth-order valence-electron chi connectivity index (χ4n) is 2.79. The maximum atomic E-state index is 11.1. The van der Waals surface area contributed by atoms with E-state index in [0.717, 1.165) is 5.56 Å². The van der Waals surface area contributed by atoms with Crippen LogP contribution < -0.4 is 10.5 Å². The Balaban J connectivity index is 1.90. The van der Waals surface area contributed by atoms with Crippen molar-refractivity contribution < 1.29 is 14.6 Å². The van der Waals surface area contributed by atoms with Crippen molar-refractivity contribution in [3.63, 3.8) is 0 Å². The fourth-order valence-corrected chi connectivity index (χ4v) is 3.44. The highest BCUT2D eigenvalue weighted by atomic mass is 79.9. The van der Waals surface area contributed by atoms with Gasteiger partial charge in [-0.2, -0.15) is 0 Å². The minimum Gasteiger partial charge on any atom is -0.490 e. The van der Waals surface area contributed by atoms with Crippen molar-refractivity contribution in [2.75, 3.05) is 32.0 Å². The minimum absolute atomic E-state index is 0.0106. The van der Waals surface area contributed by atoms with Crippen LogP contribution >= 0.6 is 27.5 Å². The van der Waals surface area contributed by atoms with Crippen LogP contribution in [0.25, 0.3) is 0 Å². The van der Waals surface area contributed by atoms with Gasteiger partial charge in [-0.05, 0) is 22.0 Å². The van der Waals surface area contributed by atoms with Crippen molar-refractivity contribution >= 4 is 39.3 Å². The zero-order valence-corrected chi connectivity index (χ0v) is 13.5. The molecule has 0 aromatic heterocycles.